The van der Waals surface area contributed by atoms with Crippen molar-refractivity contribution >= 4 is 35.0 Å². The molecule has 3 aromatic rings. The summed E-state index contributed by atoms with van der Waals surface area (Å²) in [5, 5.41) is 33.9. The third-order valence-corrected chi connectivity index (χ3v) is 4.93. The van der Waals surface area contributed by atoms with Gasteiger partial charge in [-0.3, -0.25) is 14.9 Å². The molecule has 0 unspecified atom stereocenters. The second-order valence-corrected chi connectivity index (χ2v) is 7.58. The van der Waals surface area contributed by atoms with E-state index in [-0.39, 0.29) is 23.5 Å². The zero-order valence-electron chi connectivity index (χ0n) is 18.5. The molecule has 0 saturated heterocycles. The van der Waals surface area contributed by atoms with Gasteiger partial charge in [0.15, 0.2) is 5.75 Å². The average molecular weight is 494 g/mol. The van der Waals surface area contributed by atoms with E-state index in [4.69, 9.17) is 21.1 Å². The zero-order chi connectivity index (χ0) is 25.4. The van der Waals surface area contributed by atoms with Gasteiger partial charge >= 0.3 is 5.69 Å². The van der Waals surface area contributed by atoms with Crippen LogP contribution < -0.4 is 14.8 Å². The number of halogens is 1. The van der Waals surface area contributed by atoms with Crippen molar-refractivity contribution in [2.45, 2.75) is 13.5 Å². The predicted molar refractivity (Wildman–Crippen MR) is 130 cm³/mol. The summed E-state index contributed by atoms with van der Waals surface area (Å²) in [6.07, 6.45) is 1.17. The number of hydrogen-bond donors (Lipinski definition) is 2. The number of amides is 1. The Morgan fingerprint density at radius 2 is 1.86 bits per heavy atom. The minimum absolute atomic E-state index is 0.125. The number of benzene rings is 3. The number of carbonyl (C=O) groups is 1. The first-order valence-corrected chi connectivity index (χ1v) is 10.7. The number of rotatable bonds is 9. The van der Waals surface area contributed by atoms with E-state index in [1.807, 2.05) is 12.1 Å². The normalized spacial score (nSPS) is 10.8. The number of nitro groups is 1. The first-order chi connectivity index (χ1) is 16.8. The van der Waals surface area contributed by atoms with Crippen molar-refractivity contribution in [3.63, 3.8) is 0 Å². The molecule has 0 atom stereocenters. The number of hydrogen-bond acceptors (Lipinski definition) is 7. The lowest BCUT2D eigenvalue weighted by atomic mass is 10.1. The maximum Gasteiger partial charge on any atom is 0.315 e. The summed E-state index contributed by atoms with van der Waals surface area (Å²) in [6, 6.07) is 17.9. The van der Waals surface area contributed by atoms with Crippen molar-refractivity contribution in [2.75, 3.05) is 11.9 Å². The minimum atomic E-state index is -0.780. The number of nitrogens with one attached hydrogen (secondary N) is 1. The molecule has 2 N–H and O–H groups in total. The van der Waals surface area contributed by atoms with Crippen LogP contribution >= 0.6 is 11.6 Å². The number of phenols is 1. The van der Waals surface area contributed by atoms with E-state index in [9.17, 15) is 25.3 Å². The number of nitrogens with zero attached hydrogens (tertiary/aromatic N) is 2. The molecule has 0 aromatic heterocycles. The van der Waals surface area contributed by atoms with Crippen LogP contribution in [0.25, 0.3) is 6.08 Å². The Labute approximate surface area is 205 Å². The Hall–Kier alpha value is -4.55. The summed E-state index contributed by atoms with van der Waals surface area (Å²) in [6.45, 7) is 2.14. The van der Waals surface area contributed by atoms with Crippen LogP contribution in [0.15, 0.2) is 66.2 Å². The van der Waals surface area contributed by atoms with E-state index in [1.165, 1.54) is 12.1 Å². The van der Waals surface area contributed by atoms with Gasteiger partial charge in [0, 0.05) is 16.8 Å². The van der Waals surface area contributed by atoms with Crippen LogP contribution in [0.2, 0.25) is 5.02 Å². The topological polar surface area (TPSA) is 135 Å². The fourth-order valence-electron chi connectivity index (χ4n) is 3.00. The van der Waals surface area contributed by atoms with E-state index >= 15 is 0 Å². The predicted octanol–water partition coefficient (Wildman–Crippen LogP) is 5.48. The standard InChI is InChI=1S/C25H20ClN3O6/c1-2-34-23-13-17(12-22(24(23)30)29(32)33)11-18(14-27)25(31)28-20-7-9-21(10-8-20)35-15-16-3-5-19(26)6-4-16/h3-13,30H,2,15H2,1H3,(H,28,31)/b18-11+. The van der Waals surface area contributed by atoms with Crippen molar-refractivity contribution in [2.24, 2.45) is 0 Å². The second-order valence-electron chi connectivity index (χ2n) is 7.14. The molecule has 0 spiro atoms. The molecule has 10 heteroatoms. The molecule has 35 heavy (non-hydrogen) atoms. The molecule has 1 amide bonds. The molecule has 0 aliphatic carbocycles. The monoisotopic (exact) mass is 493 g/mol. The van der Waals surface area contributed by atoms with Gasteiger partial charge in [0.25, 0.3) is 5.91 Å². The van der Waals surface area contributed by atoms with Gasteiger partial charge in [0.2, 0.25) is 5.75 Å². The Kier molecular flexibility index (Phi) is 8.27. The number of nitriles is 1. The number of aromatic hydroxyl groups is 1. The summed E-state index contributed by atoms with van der Waals surface area (Å²) < 4.78 is 10.9. The highest BCUT2D eigenvalue weighted by atomic mass is 35.5. The highest BCUT2D eigenvalue weighted by Gasteiger charge is 2.20. The van der Waals surface area contributed by atoms with Gasteiger partial charge in [-0.25, -0.2) is 0 Å². The molecule has 9 nitrogen and oxygen atoms in total. The number of ether oxygens (including phenoxy) is 2. The smallest absolute Gasteiger partial charge is 0.315 e. The van der Waals surface area contributed by atoms with Gasteiger partial charge in [0.05, 0.1) is 11.5 Å². The molecule has 3 rings (SSSR count). The third kappa shape index (κ3) is 6.72. The first-order valence-electron chi connectivity index (χ1n) is 10.4. The number of phenolic OH excluding ortho intramolecular Hbond substituents is 1. The van der Waals surface area contributed by atoms with Crippen LogP contribution in [-0.2, 0) is 11.4 Å². The van der Waals surface area contributed by atoms with E-state index < -0.39 is 22.3 Å². The summed E-state index contributed by atoms with van der Waals surface area (Å²) in [7, 11) is 0. The van der Waals surface area contributed by atoms with E-state index in [0.717, 1.165) is 11.6 Å². The van der Waals surface area contributed by atoms with Crippen LogP contribution in [0.1, 0.15) is 18.1 Å². The fourth-order valence-corrected chi connectivity index (χ4v) is 3.12. The van der Waals surface area contributed by atoms with Gasteiger partial charge in [-0.15, -0.1) is 0 Å². The molecule has 0 saturated carbocycles. The SMILES string of the molecule is CCOc1cc(/C=C(\C#N)C(=O)Nc2ccc(OCc3ccc(Cl)cc3)cc2)cc([N+](=O)[O-])c1O. The van der Waals surface area contributed by atoms with Gasteiger partial charge in [-0.05, 0) is 66.6 Å². The van der Waals surface area contributed by atoms with Crippen molar-refractivity contribution < 1.29 is 24.3 Å². The van der Waals surface area contributed by atoms with Gasteiger partial charge < -0.3 is 19.9 Å². The van der Waals surface area contributed by atoms with E-state index in [2.05, 4.69) is 5.32 Å². The highest BCUT2D eigenvalue weighted by Crippen LogP contribution is 2.37. The van der Waals surface area contributed by atoms with Crippen LogP contribution in [0.4, 0.5) is 11.4 Å². The largest absolute Gasteiger partial charge is 0.500 e. The lowest BCUT2D eigenvalue weighted by molar-refractivity contribution is -0.386. The molecule has 0 radical (unpaired) electrons. The van der Waals surface area contributed by atoms with Gasteiger partial charge in [-0.2, -0.15) is 5.26 Å². The van der Waals surface area contributed by atoms with E-state index in [0.29, 0.717) is 23.1 Å². The highest BCUT2D eigenvalue weighted by molar-refractivity contribution is 6.30. The summed E-state index contributed by atoms with van der Waals surface area (Å²) in [4.78, 5) is 23.1. The van der Waals surface area contributed by atoms with Crippen LogP contribution in [-0.4, -0.2) is 22.5 Å². The van der Waals surface area contributed by atoms with Crippen molar-refractivity contribution in [3.8, 4) is 23.3 Å². The minimum Gasteiger partial charge on any atom is -0.500 e. The van der Waals surface area contributed by atoms with Crippen LogP contribution in [0, 0.1) is 21.4 Å². The molecule has 0 heterocycles. The Bertz CT molecular complexity index is 1300. The maximum atomic E-state index is 12.6. The average Bonchev–Trinajstić information content (AvgIpc) is 2.84. The fraction of sp³-hybridized carbons (Fsp3) is 0.120. The molecule has 178 valence electrons. The number of nitro benzene ring substituents is 1. The quantitative estimate of drug-likeness (QED) is 0.174. The van der Waals surface area contributed by atoms with Crippen molar-refractivity contribution in [3.05, 3.63) is 92.5 Å². The summed E-state index contributed by atoms with van der Waals surface area (Å²) >= 11 is 5.87. The van der Waals surface area contributed by atoms with Crippen LogP contribution in [0.5, 0.6) is 17.2 Å². The Morgan fingerprint density at radius 1 is 1.17 bits per heavy atom. The van der Waals surface area contributed by atoms with Crippen molar-refractivity contribution in [1.29, 1.82) is 5.26 Å². The lowest BCUT2D eigenvalue weighted by Gasteiger charge is -2.09. The molecule has 0 aliphatic rings. The molecule has 0 aliphatic heterocycles. The molecular formula is C25H20ClN3O6. The molecular weight excluding hydrogens is 474 g/mol. The van der Waals surface area contributed by atoms with Gasteiger partial charge in [0.1, 0.15) is 24.0 Å². The molecule has 3 aromatic carbocycles. The Morgan fingerprint density at radius 3 is 2.46 bits per heavy atom. The summed E-state index contributed by atoms with van der Waals surface area (Å²) in [5.74, 6) is -0.889. The Balaban J connectivity index is 1.72. The van der Waals surface area contributed by atoms with Crippen molar-refractivity contribution in [1.82, 2.24) is 0 Å². The second kappa shape index (κ2) is 11.5. The molecule has 0 fully saturated rings. The molecule has 0 bridgehead atoms. The third-order valence-electron chi connectivity index (χ3n) is 4.68. The zero-order valence-corrected chi connectivity index (χ0v) is 19.3. The lowest BCUT2D eigenvalue weighted by Crippen LogP contribution is -2.13. The van der Waals surface area contributed by atoms with E-state index in [1.54, 1.807) is 49.4 Å². The first kappa shape index (κ1) is 25.1. The summed E-state index contributed by atoms with van der Waals surface area (Å²) in [5.41, 5.74) is 0.611. The number of carbonyl (C=O) groups excluding carboxylic acids is 1. The van der Waals surface area contributed by atoms with Gasteiger partial charge in [-0.1, -0.05) is 23.7 Å². The van der Waals surface area contributed by atoms with Crippen LogP contribution in [0.3, 0.4) is 0 Å². The maximum absolute atomic E-state index is 12.6. The number of anilines is 1.